The molecule has 1 fully saturated rings. The van der Waals surface area contributed by atoms with Crippen molar-refractivity contribution in [2.75, 3.05) is 13.2 Å². The molecule has 1 aliphatic carbocycles. The molecular weight excluding hydrogens is 287 g/mol. The van der Waals surface area contributed by atoms with E-state index in [1.165, 1.54) is 6.42 Å². The molecular formula is C13H18Cl2N2O2. The average Bonchev–Trinajstić information content (AvgIpc) is 2.76. The molecule has 1 saturated carbocycles. The number of carbonyl (C=O) groups excluding carboxylic acids is 1. The maximum absolute atomic E-state index is 12.5. The second-order valence-corrected chi connectivity index (χ2v) is 5.64. The van der Waals surface area contributed by atoms with Gasteiger partial charge in [0.15, 0.2) is 0 Å². The van der Waals surface area contributed by atoms with Gasteiger partial charge < -0.3 is 15.0 Å². The number of aliphatic hydroxyl groups excluding tert-OH is 1. The largest absolute Gasteiger partial charge is 0.395 e. The fourth-order valence-electron chi connectivity index (χ4n) is 2.62. The number of hydrogen-bond acceptors (Lipinski definition) is 2. The summed E-state index contributed by atoms with van der Waals surface area (Å²) in [6, 6.07) is 1.74. The summed E-state index contributed by atoms with van der Waals surface area (Å²) in [7, 11) is 0. The average molecular weight is 305 g/mol. The fourth-order valence-corrected chi connectivity index (χ4v) is 2.94. The minimum atomic E-state index is -0.144. The molecule has 6 heteroatoms. The molecule has 0 spiro atoms. The highest BCUT2D eigenvalue weighted by Crippen LogP contribution is 2.26. The van der Waals surface area contributed by atoms with Crippen molar-refractivity contribution in [3.8, 4) is 0 Å². The van der Waals surface area contributed by atoms with E-state index in [0.717, 1.165) is 25.7 Å². The molecule has 0 unspecified atom stereocenters. The van der Waals surface area contributed by atoms with Crippen LogP contribution in [0.2, 0.25) is 10.2 Å². The van der Waals surface area contributed by atoms with Crippen LogP contribution in [0.25, 0.3) is 0 Å². The molecule has 0 aromatic carbocycles. The zero-order chi connectivity index (χ0) is 13.8. The minimum Gasteiger partial charge on any atom is -0.395 e. The number of rotatable bonds is 4. The van der Waals surface area contributed by atoms with Crippen molar-refractivity contribution in [1.82, 2.24) is 9.88 Å². The molecule has 2 rings (SSSR count). The van der Waals surface area contributed by atoms with Gasteiger partial charge in [-0.3, -0.25) is 4.79 Å². The van der Waals surface area contributed by atoms with Crippen molar-refractivity contribution in [3.63, 3.8) is 0 Å². The van der Waals surface area contributed by atoms with Gasteiger partial charge in [0.1, 0.15) is 10.8 Å². The number of nitrogens with zero attached hydrogens (tertiary/aromatic N) is 1. The van der Waals surface area contributed by atoms with Gasteiger partial charge in [-0.25, -0.2) is 0 Å². The molecule has 106 valence electrons. The molecule has 1 aromatic rings. The lowest BCUT2D eigenvalue weighted by molar-refractivity contribution is 0.0580. The van der Waals surface area contributed by atoms with Crippen molar-refractivity contribution in [3.05, 3.63) is 21.9 Å². The Kier molecular flexibility index (Phi) is 5.13. The van der Waals surface area contributed by atoms with Crippen LogP contribution in [0, 0.1) is 0 Å². The third kappa shape index (κ3) is 3.44. The van der Waals surface area contributed by atoms with Gasteiger partial charge in [0.2, 0.25) is 0 Å². The Balaban J connectivity index is 2.15. The standard InChI is InChI=1S/C13H18Cl2N2O2/c14-10-8-11(16-12(10)15)13(19)17(6-7-18)9-4-2-1-3-5-9/h8-9,16,18H,1-7H2. The van der Waals surface area contributed by atoms with Crippen LogP contribution in [-0.4, -0.2) is 40.1 Å². The number of hydrogen-bond donors (Lipinski definition) is 2. The lowest BCUT2D eigenvalue weighted by atomic mass is 9.94. The van der Waals surface area contributed by atoms with E-state index in [0.29, 0.717) is 17.3 Å². The number of H-pyrrole nitrogens is 1. The van der Waals surface area contributed by atoms with Crippen molar-refractivity contribution >= 4 is 29.1 Å². The van der Waals surface area contributed by atoms with Gasteiger partial charge in [-0.2, -0.15) is 0 Å². The molecule has 0 aliphatic heterocycles. The second-order valence-electron chi connectivity index (χ2n) is 4.86. The van der Waals surface area contributed by atoms with Gasteiger partial charge >= 0.3 is 0 Å². The number of aromatic amines is 1. The molecule has 1 aliphatic rings. The first-order chi connectivity index (χ1) is 9.13. The van der Waals surface area contributed by atoms with E-state index >= 15 is 0 Å². The number of nitrogens with one attached hydrogen (secondary N) is 1. The fraction of sp³-hybridized carbons (Fsp3) is 0.615. The van der Waals surface area contributed by atoms with Crippen molar-refractivity contribution < 1.29 is 9.90 Å². The predicted octanol–water partition coefficient (Wildman–Crippen LogP) is 3.09. The Bertz CT molecular complexity index is 422. The van der Waals surface area contributed by atoms with Crippen LogP contribution in [0.4, 0.5) is 0 Å². The molecule has 1 amide bonds. The summed E-state index contributed by atoms with van der Waals surface area (Å²) in [6.07, 6.45) is 5.47. The first-order valence-electron chi connectivity index (χ1n) is 6.59. The molecule has 0 bridgehead atoms. The van der Waals surface area contributed by atoms with E-state index in [-0.39, 0.29) is 23.7 Å². The van der Waals surface area contributed by atoms with Crippen LogP contribution >= 0.6 is 23.2 Å². The van der Waals surface area contributed by atoms with E-state index in [4.69, 9.17) is 28.3 Å². The quantitative estimate of drug-likeness (QED) is 0.898. The molecule has 0 atom stereocenters. The summed E-state index contributed by atoms with van der Waals surface area (Å²) in [4.78, 5) is 17.0. The maximum Gasteiger partial charge on any atom is 0.270 e. The maximum atomic E-state index is 12.5. The SMILES string of the molecule is O=C(c1cc(Cl)c(Cl)[nH]1)N(CCO)C1CCCCC1. The number of amides is 1. The third-order valence-corrected chi connectivity index (χ3v) is 4.27. The summed E-state index contributed by atoms with van der Waals surface area (Å²) < 4.78 is 0. The zero-order valence-electron chi connectivity index (χ0n) is 10.7. The Labute approximate surface area is 122 Å². The molecule has 0 saturated heterocycles. The summed E-state index contributed by atoms with van der Waals surface area (Å²) in [6.45, 7) is 0.308. The highest BCUT2D eigenvalue weighted by molar-refractivity contribution is 6.41. The molecule has 1 heterocycles. The van der Waals surface area contributed by atoms with Gasteiger partial charge in [-0.05, 0) is 18.9 Å². The number of aliphatic hydroxyl groups is 1. The first kappa shape index (κ1) is 14.7. The van der Waals surface area contributed by atoms with Gasteiger partial charge in [0, 0.05) is 12.6 Å². The number of carbonyl (C=O) groups is 1. The van der Waals surface area contributed by atoms with E-state index in [9.17, 15) is 4.79 Å². The first-order valence-corrected chi connectivity index (χ1v) is 7.35. The summed E-state index contributed by atoms with van der Waals surface area (Å²) in [5.41, 5.74) is 0.383. The smallest absolute Gasteiger partial charge is 0.270 e. The van der Waals surface area contributed by atoms with Crippen LogP contribution in [0.3, 0.4) is 0 Å². The lowest BCUT2D eigenvalue weighted by Gasteiger charge is -2.33. The van der Waals surface area contributed by atoms with Crippen LogP contribution in [-0.2, 0) is 0 Å². The zero-order valence-corrected chi connectivity index (χ0v) is 12.2. The monoisotopic (exact) mass is 304 g/mol. The van der Waals surface area contributed by atoms with E-state index in [1.807, 2.05) is 0 Å². The lowest BCUT2D eigenvalue weighted by Crippen LogP contribution is -2.43. The molecule has 0 radical (unpaired) electrons. The Morgan fingerprint density at radius 1 is 1.37 bits per heavy atom. The Morgan fingerprint density at radius 2 is 2.05 bits per heavy atom. The van der Waals surface area contributed by atoms with Crippen molar-refractivity contribution in [1.29, 1.82) is 0 Å². The van der Waals surface area contributed by atoms with Crippen LogP contribution < -0.4 is 0 Å². The molecule has 2 N–H and O–H groups in total. The number of aromatic nitrogens is 1. The van der Waals surface area contributed by atoms with Crippen molar-refractivity contribution in [2.24, 2.45) is 0 Å². The normalized spacial score (nSPS) is 16.6. The topological polar surface area (TPSA) is 56.3 Å². The molecule has 19 heavy (non-hydrogen) atoms. The molecule has 4 nitrogen and oxygen atoms in total. The van der Waals surface area contributed by atoms with Crippen molar-refractivity contribution in [2.45, 2.75) is 38.1 Å². The van der Waals surface area contributed by atoms with Crippen LogP contribution in [0.15, 0.2) is 6.07 Å². The molecule has 1 aromatic heterocycles. The summed E-state index contributed by atoms with van der Waals surface area (Å²) in [5.74, 6) is -0.144. The summed E-state index contributed by atoms with van der Waals surface area (Å²) >= 11 is 11.7. The minimum absolute atomic E-state index is 0.0373. The summed E-state index contributed by atoms with van der Waals surface area (Å²) in [5, 5.41) is 9.79. The Morgan fingerprint density at radius 3 is 2.58 bits per heavy atom. The van der Waals surface area contributed by atoms with Crippen LogP contribution in [0.5, 0.6) is 0 Å². The predicted molar refractivity (Wildman–Crippen MR) is 75.8 cm³/mol. The van der Waals surface area contributed by atoms with Gasteiger partial charge in [-0.15, -0.1) is 0 Å². The Hall–Kier alpha value is -0.710. The van der Waals surface area contributed by atoms with Gasteiger partial charge in [-0.1, -0.05) is 42.5 Å². The highest BCUT2D eigenvalue weighted by Gasteiger charge is 2.27. The van der Waals surface area contributed by atoms with Crippen LogP contribution in [0.1, 0.15) is 42.6 Å². The number of halogens is 2. The van der Waals surface area contributed by atoms with Gasteiger partial charge in [0.25, 0.3) is 5.91 Å². The van der Waals surface area contributed by atoms with E-state index in [1.54, 1.807) is 11.0 Å². The highest BCUT2D eigenvalue weighted by atomic mass is 35.5. The third-order valence-electron chi connectivity index (χ3n) is 3.57. The van der Waals surface area contributed by atoms with E-state index < -0.39 is 0 Å². The van der Waals surface area contributed by atoms with Gasteiger partial charge in [0.05, 0.1) is 11.6 Å². The second kappa shape index (κ2) is 6.64. The van der Waals surface area contributed by atoms with E-state index in [2.05, 4.69) is 4.98 Å².